The molecule has 6 nitrogen and oxygen atoms in total. The van der Waals surface area contributed by atoms with Gasteiger partial charge in [0.1, 0.15) is 5.82 Å². The minimum absolute atomic E-state index is 0.185. The van der Waals surface area contributed by atoms with E-state index in [1.54, 1.807) is 4.90 Å². The summed E-state index contributed by atoms with van der Waals surface area (Å²) < 4.78 is 12.9. The Morgan fingerprint density at radius 2 is 1.62 bits per heavy atom. The lowest BCUT2D eigenvalue weighted by Gasteiger charge is -2.32. The van der Waals surface area contributed by atoms with Crippen molar-refractivity contribution < 1.29 is 14.0 Å². The summed E-state index contributed by atoms with van der Waals surface area (Å²) >= 11 is 0. The van der Waals surface area contributed by atoms with Gasteiger partial charge in [-0.05, 0) is 80.1 Å². The molecule has 0 aromatic heterocycles. The number of aryl methyl sites for hydroxylation is 2. The molecule has 29 heavy (non-hydrogen) atoms. The van der Waals surface area contributed by atoms with Crippen molar-refractivity contribution in [3.8, 4) is 0 Å². The zero-order valence-corrected chi connectivity index (χ0v) is 16.8. The quantitative estimate of drug-likeness (QED) is 0.709. The molecule has 0 atom stereocenters. The minimum Gasteiger partial charge on any atom is -0.338 e. The third-order valence-electron chi connectivity index (χ3n) is 5.31. The average molecular weight is 398 g/mol. The van der Waals surface area contributed by atoms with E-state index in [2.05, 4.69) is 16.0 Å². The number of amides is 4. The number of likely N-dealkylation sites (tertiary alicyclic amines) is 1. The SMILES string of the molecule is Cc1ccc(NC(=O)NCC2CCN(C(=O)Nc3ccc(F)cc3)CC2)cc1C. The highest BCUT2D eigenvalue weighted by Gasteiger charge is 2.23. The number of piperidine rings is 1. The van der Waals surface area contributed by atoms with Crippen molar-refractivity contribution in [3.05, 3.63) is 59.4 Å². The first kappa shape index (κ1) is 20.6. The maximum atomic E-state index is 12.9. The number of halogens is 1. The van der Waals surface area contributed by atoms with Crippen LogP contribution in [0.5, 0.6) is 0 Å². The lowest BCUT2D eigenvalue weighted by molar-refractivity contribution is 0.181. The van der Waals surface area contributed by atoms with Gasteiger partial charge in [0.15, 0.2) is 0 Å². The smallest absolute Gasteiger partial charge is 0.321 e. The third kappa shape index (κ3) is 5.94. The number of carbonyl (C=O) groups excluding carboxylic acids is 2. The predicted octanol–water partition coefficient (Wildman–Crippen LogP) is 4.51. The van der Waals surface area contributed by atoms with E-state index in [-0.39, 0.29) is 17.9 Å². The summed E-state index contributed by atoms with van der Waals surface area (Å²) in [7, 11) is 0. The fraction of sp³-hybridized carbons (Fsp3) is 0.364. The van der Waals surface area contributed by atoms with Crippen LogP contribution in [-0.4, -0.2) is 36.6 Å². The molecule has 0 spiro atoms. The first-order valence-corrected chi connectivity index (χ1v) is 9.84. The molecule has 0 unspecified atom stereocenters. The Labute approximate surface area is 170 Å². The van der Waals surface area contributed by atoms with Crippen molar-refractivity contribution in [1.29, 1.82) is 0 Å². The summed E-state index contributed by atoms with van der Waals surface area (Å²) in [5.74, 6) is -0.00626. The zero-order chi connectivity index (χ0) is 20.8. The minimum atomic E-state index is -0.335. The molecule has 1 heterocycles. The van der Waals surface area contributed by atoms with Gasteiger partial charge in [-0.15, -0.1) is 0 Å². The summed E-state index contributed by atoms with van der Waals surface area (Å²) in [6, 6.07) is 11.1. The second-order valence-corrected chi connectivity index (χ2v) is 7.50. The topological polar surface area (TPSA) is 73.5 Å². The zero-order valence-electron chi connectivity index (χ0n) is 16.8. The third-order valence-corrected chi connectivity index (χ3v) is 5.31. The van der Waals surface area contributed by atoms with E-state index in [4.69, 9.17) is 0 Å². The van der Waals surface area contributed by atoms with E-state index in [1.165, 1.54) is 29.8 Å². The fourth-order valence-electron chi connectivity index (χ4n) is 3.31. The summed E-state index contributed by atoms with van der Waals surface area (Å²) in [4.78, 5) is 26.2. The largest absolute Gasteiger partial charge is 0.338 e. The number of carbonyl (C=O) groups is 2. The van der Waals surface area contributed by atoms with Gasteiger partial charge in [-0.2, -0.15) is 0 Å². The number of benzene rings is 2. The fourth-order valence-corrected chi connectivity index (χ4v) is 3.31. The molecule has 3 rings (SSSR count). The molecule has 0 saturated carbocycles. The van der Waals surface area contributed by atoms with Crippen LogP contribution in [0.25, 0.3) is 0 Å². The highest BCUT2D eigenvalue weighted by atomic mass is 19.1. The van der Waals surface area contributed by atoms with Crippen LogP contribution in [0.2, 0.25) is 0 Å². The number of hydrogen-bond acceptors (Lipinski definition) is 2. The van der Waals surface area contributed by atoms with E-state index in [0.29, 0.717) is 31.2 Å². The van der Waals surface area contributed by atoms with Gasteiger partial charge in [-0.25, -0.2) is 14.0 Å². The van der Waals surface area contributed by atoms with Gasteiger partial charge >= 0.3 is 12.1 Å². The Kier molecular flexibility index (Phi) is 6.69. The van der Waals surface area contributed by atoms with Gasteiger partial charge in [0.2, 0.25) is 0 Å². The number of hydrogen-bond donors (Lipinski definition) is 3. The maximum absolute atomic E-state index is 12.9. The van der Waals surface area contributed by atoms with Crippen LogP contribution in [0.1, 0.15) is 24.0 Å². The van der Waals surface area contributed by atoms with Gasteiger partial charge in [0, 0.05) is 31.0 Å². The standard InChI is InChI=1S/C22H27FN4O2/c1-15-3-6-20(13-16(15)2)25-21(28)24-14-17-9-11-27(12-10-17)22(29)26-19-7-4-18(23)5-8-19/h3-8,13,17H,9-12,14H2,1-2H3,(H,26,29)(H2,24,25,28). The molecule has 1 fully saturated rings. The average Bonchev–Trinajstić information content (AvgIpc) is 2.71. The van der Waals surface area contributed by atoms with Crippen molar-refractivity contribution in [1.82, 2.24) is 10.2 Å². The number of anilines is 2. The number of nitrogens with zero attached hydrogens (tertiary/aromatic N) is 1. The van der Waals surface area contributed by atoms with Crippen molar-refractivity contribution in [3.63, 3.8) is 0 Å². The van der Waals surface area contributed by atoms with Crippen LogP contribution in [0.15, 0.2) is 42.5 Å². The van der Waals surface area contributed by atoms with Crippen molar-refractivity contribution in [2.24, 2.45) is 5.92 Å². The lowest BCUT2D eigenvalue weighted by Crippen LogP contribution is -2.43. The Balaban J connectivity index is 1.39. The second kappa shape index (κ2) is 9.41. The molecule has 154 valence electrons. The number of urea groups is 2. The Hall–Kier alpha value is -3.09. The molecule has 4 amide bonds. The monoisotopic (exact) mass is 398 g/mol. The molecule has 0 bridgehead atoms. The van der Waals surface area contributed by atoms with Crippen LogP contribution < -0.4 is 16.0 Å². The van der Waals surface area contributed by atoms with E-state index in [0.717, 1.165) is 24.1 Å². The van der Waals surface area contributed by atoms with Gasteiger partial charge in [0.05, 0.1) is 0 Å². The van der Waals surface area contributed by atoms with Crippen LogP contribution >= 0.6 is 0 Å². The number of nitrogens with one attached hydrogen (secondary N) is 3. The van der Waals surface area contributed by atoms with Gasteiger partial charge in [-0.1, -0.05) is 6.07 Å². The Bertz CT molecular complexity index is 862. The molecule has 0 aliphatic carbocycles. The van der Waals surface area contributed by atoms with Crippen LogP contribution in [0.3, 0.4) is 0 Å². The highest BCUT2D eigenvalue weighted by Crippen LogP contribution is 2.18. The molecule has 7 heteroatoms. The molecule has 2 aromatic rings. The molecule has 1 saturated heterocycles. The molecule has 1 aliphatic rings. The van der Waals surface area contributed by atoms with Gasteiger partial charge in [-0.3, -0.25) is 0 Å². The molecule has 2 aromatic carbocycles. The lowest BCUT2D eigenvalue weighted by atomic mass is 9.97. The molecule has 0 radical (unpaired) electrons. The van der Waals surface area contributed by atoms with Crippen molar-refractivity contribution >= 4 is 23.4 Å². The van der Waals surface area contributed by atoms with Gasteiger partial charge < -0.3 is 20.9 Å². The van der Waals surface area contributed by atoms with Crippen molar-refractivity contribution in [2.75, 3.05) is 30.3 Å². The highest BCUT2D eigenvalue weighted by molar-refractivity contribution is 5.90. The van der Waals surface area contributed by atoms with E-state index in [1.807, 2.05) is 32.0 Å². The van der Waals surface area contributed by atoms with Crippen LogP contribution in [0.4, 0.5) is 25.4 Å². The van der Waals surface area contributed by atoms with Gasteiger partial charge in [0.25, 0.3) is 0 Å². The number of rotatable bonds is 4. The summed E-state index contributed by atoms with van der Waals surface area (Å²) in [5.41, 5.74) is 3.67. The van der Waals surface area contributed by atoms with Crippen LogP contribution in [-0.2, 0) is 0 Å². The van der Waals surface area contributed by atoms with Crippen molar-refractivity contribution in [2.45, 2.75) is 26.7 Å². The normalized spacial score (nSPS) is 14.4. The summed E-state index contributed by atoms with van der Waals surface area (Å²) in [5, 5.41) is 8.56. The van der Waals surface area contributed by atoms with E-state index in [9.17, 15) is 14.0 Å². The van der Waals surface area contributed by atoms with E-state index < -0.39 is 0 Å². The summed E-state index contributed by atoms with van der Waals surface area (Å²) in [6.07, 6.45) is 1.64. The predicted molar refractivity (Wildman–Crippen MR) is 113 cm³/mol. The maximum Gasteiger partial charge on any atom is 0.321 e. The molecular formula is C22H27FN4O2. The van der Waals surface area contributed by atoms with Crippen LogP contribution in [0, 0.1) is 25.6 Å². The van der Waals surface area contributed by atoms with E-state index >= 15 is 0 Å². The first-order chi connectivity index (χ1) is 13.9. The Morgan fingerprint density at radius 1 is 0.966 bits per heavy atom. The summed E-state index contributed by atoms with van der Waals surface area (Å²) in [6.45, 7) is 5.87. The second-order valence-electron chi connectivity index (χ2n) is 7.50. The molecular weight excluding hydrogens is 371 g/mol. The Morgan fingerprint density at radius 3 is 2.28 bits per heavy atom. The first-order valence-electron chi connectivity index (χ1n) is 9.84. The molecule has 3 N–H and O–H groups in total. The molecule has 1 aliphatic heterocycles.